The van der Waals surface area contributed by atoms with Crippen molar-refractivity contribution in [2.24, 2.45) is 0 Å². The number of imidazole rings is 1. The van der Waals surface area contributed by atoms with Crippen LogP contribution in [0.2, 0.25) is 0 Å². The number of likely N-dealkylation sites (N-methyl/N-ethyl adjacent to an activating group) is 1. The van der Waals surface area contributed by atoms with E-state index in [0.717, 1.165) is 13.0 Å². The van der Waals surface area contributed by atoms with E-state index in [0.29, 0.717) is 12.2 Å². The van der Waals surface area contributed by atoms with Gasteiger partial charge < -0.3 is 10.6 Å². The van der Waals surface area contributed by atoms with Crippen molar-refractivity contribution >= 4 is 21.5 Å². The normalized spacial score (nSPS) is 20.8. The maximum atomic E-state index is 12.5. The Bertz CT molecular complexity index is 739. The van der Waals surface area contributed by atoms with Crippen LogP contribution in [0.25, 0.3) is 5.65 Å². The fourth-order valence-corrected chi connectivity index (χ4v) is 4.04. The number of rotatable bonds is 3. The molecule has 1 unspecified atom stereocenters. The quantitative estimate of drug-likeness (QED) is 0.825. The average molecular weight is 295 g/mol. The zero-order valence-corrected chi connectivity index (χ0v) is 12.0. The molecule has 0 bridgehead atoms. The molecule has 7 nitrogen and oxygen atoms in total. The highest BCUT2D eigenvalue weighted by Gasteiger charge is 2.29. The molecule has 0 amide bonds. The molecular weight excluding hydrogens is 278 g/mol. The molecule has 1 aliphatic heterocycles. The number of nitrogen functional groups attached to an aromatic ring is 1. The lowest BCUT2D eigenvalue weighted by molar-refractivity contribution is 0.407. The Kier molecular flexibility index (Phi) is 3.15. The number of fused-ring (bicyclic) bond motifs is 1. The zero-order chi connectivity index (χ0) is 14.3. The predicted octanol–water partition coefficient (Wildman–Crippen LogP) is -0.101. The van der Waals surface area contributed by atoms with Crippen LogP contribution in [0.5, 0.6) is 0 Å². The number of pyridine rings is 1. The molecule has 1 fully saturated rings. The standard InChI is InChI=1S/C12H17N5O2S/c1-16-7-5-9(8-16)15-20(18,19)12-11(13)14-10-4-2-3-6-17(10)12/h2-4,6,9,15H,5,7-8,13H2,1H3. The van der Waals surface area contributed by atoms with Crippen LogP contribution in [0.15, 0.2) is 29.4 Å². The van der Waals surface area contributed by atoms with E-state index in [1.165, 1.54) is 4.40 Å². The molecule has 1 saturated heterocycles. The van der Waals surface area contributed by atoms with Crippen molar-refractivity contribution in [2.75, 3.05) is 25.9 Å². The molecular formula is C12H17N5O2S. The minimum atomic E-state index is -3.68. The van der Waals surface area contributed by atoms with Crippen molar-refractivity contribution in [3.8, 4) is 0 Å². The van der Waals surface area contributed by atoms with Gasteiger partial charge in [0.15, 0.2) is 10.8 Å². The van der Waals surface area contributed by atoms with Crippen LogP contribution in [0.3, 0.4) is 0 Å². The van der Waals surface area contributed by atoms with Gasteiger partial charge >= 0.3 is 0 Å². The molecule has 108 valence electrons. The largest absolute Gasteiger partial charge is 0.381 e. The predicted molar refractivity (Wildman–Crippen MR) is 75.8 cm³/mol. The first-order valence-electron chi connectivity index (χ1n) is 6.41. The number of sulfonamides is 1. The molecule has 0 aliphatic carbocycles. The van der Waals surface area contributed by atoms with Crippen LogP contribution in [0.4, 0.5) is 5.82 Å². The summed E-state index contributed by atoms with van der Waals surface area (Å²) in [5.74, 6) is 0.0232. The van der Waals surface area contributed by atoms with Gasteiger partial charge in [0.05, 0.1) is 0 Å². The van der Waals surface area contributed by atoms with Crippen molar-refractivity contribution in [3.63, 3.8) is 0 Å². The summed E-state index contributed by atoms with van der Waals surface area (Å²) in [5.41, 5.74) is 6.30. The Labute approximate surface area is 117 Å². The van der Waals surface area contributed by atoms with E-state index in [1.807, 2.05) is 7.05 Å². The number of nitrogens with two attached hydrogens (primary N) is 1. The van der Waals surface area contributed by atoms with E-state index >= 15 is 0 Å². The molecule has 8 heteroatoms. The zero-order valence-electron chi connectivity index (χ0n) is 11.2. The van der Waals surface area contributed by atoms with Gasteiger partial charge in [-0.25, -0.2) is 18.1 Å². The van der Waals surface area contributed by atoms with Gasteiger partial charge in [0.25, 0.3) is 10.0 Å². The number of likely N-dealkylation sites (tertiary alicyclic amines) is 1. The van der Waals surface area contributed by atoms with E-state index in [-0.39, 0.29) is 16.9 Å². The summed E-state index contributed by atoms with van der Waals surface area (Å²) in [6.45, 7) is 1.59. The SMILES string of the molecule is CN1CCC(NS(=O)(=O)c2c(N)nc3ccccn23)C1. The first-order chi connectivity index (χ1) is 9.47. The summed E-state index contributed by atoms with van der Waals surface area (Å²) in [6, 6.07) is 5.17. The summed E-state index contributed by atoms with van der Waals surface area (Å²) < 4.78 is 29.2. The van der Waals surface area contributed by atoms with Crippen LogP contribution in [0.1, 0.15) is 6.42 Å². The van der Waals surface area contributed by atoms with Crippen LogP contribution in [0, 0.1) is 0 Å². The lowest BCUT2D eigenvalue weighted by Crippen LogP contribution is -2.37. The van der Waals surface area contributed by atoms with Gasteiger partial charge in [0.2, 0.25) is 0 Å². The third-order valence-electron chi connectivity index (χ3n) is 3.48. The smallest absolute Gasteiger partial charge is 0.260 e. The van der Waals surface area contributed by atoms with Crippen LogP contribution >= 0.6 is 0 Å². The van der Waals surface area contributed by atoms with Gasteiger partial charge in [0, 0.05) is 18.8 Å². The Hall–Kier alpha value is -1.64. The van der Waals surface area contributed by atoms with Gasteiger partial charge in [-0.15, -0.1) is 0 Å². The number of nitrogens with one attached hydrogen (secondary N) is 1. The molecule has 3 N–H and O–H groups in total. The summed E-state index contributed by atoms with van der Waals surface area (Å²) in [6.07, 6.45) is 2.44. The van der Waals surface area contributed by atoms with E-state index in [1.54, 1.807) is 24.4 Å². The molecule has 0 saturated carbocycles. The lowest BCUT2D eigenvalue weighted by Gasteiger charge is -2.13. The van der Waals surface area contributed by atoms with Gasteiger partial charge in [-0.1, -0.05) is 6.07 Å². The Morgan fingerprint density at radius 1 is 1.45 bits per heavy atom. The fourth-order valence-electron chi connectivity index (χ4n) is 2.57. The maximum absolute atomic E-state index is 12.5. The van der Waals surface area contributed by atoms with Crippen molar-refractivity contribution < 1.29 is 8.42 Å². The molecule has 0 radical (unpaired) electrons. The van der Waals surface area contributed by atoms with Crippen molar-refractivity contribution in [1.29, 1.82) is 0 Å². The second kappa shape index (κ2) is 4.72. The van der Waals surface area contributed by atoms with E-state index < -0.39 is 10.0 Å². The average Bonchev–Trinajstić information content (AvgIpc) is 2.91. The van der Waals surface area contributed by atoms with Gasteiger partial charge in [-0.3, -0.25) is 4.40 Å². The minimum absolute atomic E-state index is 0.0163. The maximum Gasteiger partial charge on any atom is 0.260 e. The van der Waals surface area contributed by atoms with Crippen molar-refractivity contribution in [2.45, 2.75) is 17.5 Å². The molecule has 2 aromatic heterocycles. The summed E-state index contributed by atoms with van der Waals surface area (Å²) in [4.78, 5) is 6.17. The first kappa shape index (κ1) is 13.3. The monoisotopic (exact) mass is 295 g/mol. The summed E-state index contributed by atoms with van der Waals surface area (Å²) in [5, 5.41) is 0.0163. The van der Waals surface area contributed by atoms with Crippen molar-refractivity contribution in [1.82, 2.24) is 19.0 Å². The second-order valence-corrected chi connectivity index (χ2v) is 6.73. The molecule has 2 aromatic rings. The lowest BCUT2D eigenvalue weighted by atomic mass is 10.3. The fraction of sp³-hybridized carbons (Fsp3) is 0.417. The molecule has 1 atom stereocenters. The first-order valence-corrected chi connectivity index (χ1v) is 7.89. The number of nitrogens with zero attached hydrogens (tertiary/aromatic N) is 3. The topological polar surface area (TPSA) is 92.7 Å². The van der Waals surface area contributed by atoms with Gasteiger partial charge in [0.1, 0.15) is 5.65 Å². The number of aromatic nitrogens is 2. The third kappa shape index (κ3) is 2.26. The van der Waals surface area contributed by atoms with Crippen molar-refractivity contribution in [3.05, 3.63) is 24.4 Å². The molecule has 0 spiro atoms. The van der Waals surface area contributed by atoms with Crippen LogP contribution in [-0.2, 0) is 10.0 Å². The van der Waals surface area contributed by atoms with E-state index in [4.69, 9.17) is 5.73 Å². The molecule has 3 rings (SSSR count). The molecule has 1 aliphatic rings. The molecule has 0 aromatic carbocycles. The Morgan fingerprint density at radius 3 is 2.95 bits per heavy atom. The summed E-state index contributed by atoms with van der Waals surface area (Å²) >= 11 is 0. The van der Waals surface area contributed by atoms with E-state index in [2.05, 4.69) is 14.6 Å². The van der Waals surface area contributed by atoms with Crippen LogP contribution in [-0.4, -0.2) is 48.9 Å². The number of hydrogen-bond donors (Lipinski definition) is 2. The molecule has 20 heavy (non-hydrogen) atoms. The highest BCUT2D eigenvalue weighted by atomic mass is 32.2. The number of anilines is 1. The third-order valence-corrected chi connectivity index (χ3v) is 5.04. The van der Waals surface area contributed by atoms with E-state index in [9.17, 15) is 8.42 Å². The Morgan fingerprint density at radius 2 is 2.25 bits per heavy atom. The Balaban J connectivity index is 1.99. The summed E-state index contributed by atoms with van der Waals surface area (Å²) in [7, 11) is -1.71. The molecule has 3 heterocycles. The highest BCUT2D eigenvalue weighted by molar-refractivity contribution is 7.89. The minimum Gasteiger partial charge on any atom is -0.381 e. The highest BCUT2D eigenvalue weighted by Crippen LogP contribution is 2.21. The van der Waals surface area contributed by atoms with Gasteiger partial charge in [-0.05, 0) is 32.1 Å². The van der Waals surface area contributed by atoms with Gasteiger partial charge in [-0.2, -0.15) is 0 Å². The second-order valence-electron chi connectivity index (χ2n) is 5.10. The number of hydrogen-bond acceptors (Lipinski definition) is 5. The van der Waals surface area contributed by atoms with Crippen LogP contribution < -0.4 is 10.5 Å².